The minimum atomic E-state index is 0.347. The van der Waals surface area contributed by atoms with Crippen molar-refractivity contribution >= 4 is 5.95 Å². The van der Waals surface area contributed by atoms with Gasteiger partial charge in [0, 0.05) is 6.54 Å². The fraction of sp³-hybridized carbons (Fsp3) is 0.750. The number of nitrogens with two attached hydrogens (primary N) is 1. The van der Waals surface area contributed by atoms with Crippen molar-refractivity contribution in [1.29, 1.82) is 0 Å². The van der Waals surface area contributed by atoms with E-state index in [0.29, 0.717) is 5.95 Å². The number of hydrogen-bond donors (Lipinski definition) is 1. The summed E-state index contributed by atoms with van der Waals surface area (Å²) in [7, 11) is 0. The zero-order chi connectivity index (χ0) is 9.68. The van der Waals surface area contributed by atoms with Gasteiger partial charge in [-0.25, -0.2) is 9.67 Å². The van der Waals surface area contributed by atoms with E-state index in [1.54, 1.807) is 11.0 Å². The molecular weight excluding hydrogens is 166 g/mol. The summed E-state index contributed by atoms with van der Waals surface area (Å²) in [4.78, 5) is 6.19. The first-order chi connectivity index (χ1) is 6.26. The van der Waals surface area contributed by atoms with E-state index in [4.69, 9.17) is 5.73 Å². The molecule has 1 aromatic rings. The summed E-state index contributed by atoms with van der Waals surface area (Å²) in [6, 6.07) is 0. The molecule has 0 spiro atoms. The molecule has 5 nitrogen and oxygen atoms in total. The highest BCUT2D eigenvalue weighted by atomic mass is 15.4. The summed E-state index contributed by atoms with van der Waals surface area (Å²) >= 11 is 0. The van der Waals surface area contributed by atoms with E-state index < -0.39 is 0 Å². The molecule has 0 radical (unpaired) electrons. The molecule has 0 aliphatic rings. The Morgan fingerprint density at radius 2 is 2.15 bits per heavy atom. The third kappa shape index (κ3) is 3.02. The minimum Gasteiger partial charge on any atom is -0.367 e. The van der Waals surface area contributed by atoms with E-state index in [0.717, 1.165) is 26.2 Å². The van der Waals surface area contributed by atoms with E-state index in [2.05, 4.69) is 28.8 Å². The highest BCUT2D eigenvalue weighted by Gasteiger charge is 2.00. The van der Waals surface area contributed by atoms with Crippen LogP contribution in [0.15, 0.2) is 6.33 Å². The van der Waals surface area contributed by atoms with Crippen molar-refractivity contribution in [2.24, 2.45) is 0 Å². The summed E-state index contributed by atoms with van der Waals surface area (Å²) in [6.45, 7) is 8.29. The first kappa shape index (κ1) is 9.98. The van der Waals surface area contributed by atoms with E-state index in [-0.39, 0.29) is 0 Å². The molecule has 5 heteroatoms. The second kappa shape index (κ2) is 4.81. The third-order valence-electron chi connectivity index (χ3n) is 2.09. The smallest absolute Gasteiger partial charge is 0.239 e. The van der Waals surface area contributed by atoms with Gasteiger partial charge in [-0.15, -0.1) is 5.10 Å². The molecule has 0 aromatic carbocycles. The van der Waals surface area contributed by atoms with Gasteiger partial charge < -0.3 is 10.6 Å². The van der Waals surface area contributed by atoms with Gasteiger partial charge in [0.1, 0.15) is 6.33 Å². The molecule has 1 rings (SSSR count). The fourth-order valence-corrected chi connectivity index (χ4v) is 1.20. The number of rotatable bonds is 5. The average Bonchev–Trinajstić information content (AvgIpc) is 2.53. The summed E-state index contributed by atoms with van der Waals surface area (Å²) in [5.41, 5.74) is 5.39. The summed E-state index contributed by atoms with van der Waals surface area (Å²) in [6.07, 6.45) is 1.67. The Kier molecular flexibility index (Phi) is 3.70. The molecule has 0 aliphatic carbocycles. The zero-order valence-corrected chi connectivity index (χ0v) is 8.27. The monoisotopic (exact) mass is 183 g/mol. The van der Waals surface area contributed by atoms with Gasteiger partial charge >= 0.3 is 0 Å². The van der Waals surface area contributed by atoms with Gasteiger partial charge in [0.25, 0.3) is 0 Å². The van der Waals surface area contributed by atoms with Crippen LogP contribution >= 0.6 is 0 Å². The van der Waals surface area contributed by atoms with Gasteiger partial charge in [-0.2, -0.15) is 0 Å². The van der Waals surface area contributed by atoms with Crippen molar-refractivity contribution in [3.63, 3.8) is 0 Å². The minimum absolute atomic E-state index is 0.347. The highest BCUT2D eigenvalue weighted by Crippen LogP contribution is 1.92. The van der Waals surface area contributed by atoms with Gasteiger partial charge in [-0.1, -0.05) is 13.8 Å². The van der Waals surface area contributed by atoms with Crippen molar-refractivity contribution in [3.05, 3.63) is 6.33 Å². The maximum absolute atomic E-state index is 5.39. The van der Waals surface area contributed by atoms with Crippen LogP contribution in [-0.4, -0.2) is 39.3 Å². The number of nitrogens with zero attached hydrogens (tertiary/aromatic N) is 4. The van der Waals surface area contributed by atoms with E-state index >= 15 is 0 Å². The Hall–Kier alpha value is -1.10. The highest BCUT2D eigenvalue weighted by molar-refractivity contribution is 5.09. The number of nitrogen functional groups attached to an aromatic ring is 1. The molecule has 13 heavy (non-hydrogen) atoms. The quantitative estimate of drug-likeness (QED) is 0.708. The Morgan fingerprint density at radius 3 is 2.62 bits per heavy atom. The fourth-order valence-electron chi connectivity index (χ4n) is 1.20. The van der Waals surface area contributed by atoms with Crippen molar-refractivity contribution in [1.82, 2.24) is 19.7 Å². The lowest BCUT2D eigenvalue weighted by Crippen LogP contribution is -2.27. The van der Waals surface area contributed by atoms with Crippen LogP contribution in [0.25, 0.3) is 0 Å². The lowest BCUT2D eigenvalue weighted by molar-refractivity contribution is 0.285. The van der Waals surface area contributed by atoms with Crippen LogP contribution in [0.1, 0.15) is 13.8 Å². The van der Waals surface area contributed by atoms with E-state index in [1.165, 1.54) is 0 Å². The summed E-state index contributed by atoms with van der Waals surface area (Å²) in [5, 5.41) is 4.01. The van der Waals surface area contributed by atoms with Crippen LogP contribution in [0.4, 0.5) is 5.95 Å². The molecule has 0 atom stereocenters. The molecule has 1 heterocycles. The first-order valence-electron chi connectivity index (χ1n) is 4.63. The first-order valence-corrected chi connectivity index (χ1v) is 4.63. The second-order valence-electron chi connectivity index (χ2n) is 2.89. The van der Waals surface area contributed by atoms with Gasteiger partial charge in [0.2, 0.25) is 5.95 Å². The molecular formula is C8H17N5. The van der Waals surface area contributed by atoms with Crippen LogP contribution in [0.3, 0.4) is 0 Å². The summed E-state index contributed by atoms with van der Waals surface area (Å²) in [5.74, 6) is 0.347. The average molecular weight is 183 g/mol. The van der Waals surface area contributed by atoms with Crippen molar-refractivity contribution < 1.29 is 0 Å². The molecule has 0 fully saturated rings. The molecule has 2 N–H and O–H groups in total. The van der Waals surface area contributed by atoms with Crippen molar-refractivity contribution in [2.45, 2.75) is 20.4 Å². The van der Waals surface area contributed by atoms with Crippen molar-refractivity contribution in [3.8, 4) is 0 Å². The molecule has 0 saturated heterocycles. The molecule has 0 saturated carbocycles. The topological polar surface area (TPSA) is 60.0 Å². The number of likely N-dealkylation sites (N-methyl/N-ethyl adjacent to an activating group) is 1. The van der Waals surface area contributed by atoms with Gasteiger partial charge in [0.05, 0.1) is 6.54 Å². The second-order valence-corrected chi connectivity index (χ2v) is 2.89. The van der Waals surface area contributed by atoms with Crippen LogP contribution in [0, 0.1) is 0 Å². The Bertz CT molecular complexity index is 240. The van der Waals surface area contributed by atoms with Gasteiger partial charge in [-0.3, -0.25) is 0 Å². The largest absolute Gasteiger partial charge is 0.367 e. The predicted octanol–water partition coefficient (Wildman–Crippen LogP) is 0.202. The number of anilines is 1. The molecule has 0 unspecified atom stereocenters. The molecule has 74 valence electrons. The molecule has 1 aromatic heterocycles. The Morgan fingerprint density at radius 1 is 1.46 bits per heavy atom. The standard InChI is InChI=1S/C8H17N5/c1-3-12(4-2)5-6-13-7-10-8(9)11-13/h7H,3-6H2,1-2H3,(H2,9,11). The molecule has 0 bridgehead atoms. The predicted molar refractivity (Wildman–Crippen MR) is 52.2 cm³/mol. The SMILES string of the molecule is CCN(CC)CCn1cnc(N)n1. The maximum Gasteiger partial charge on any atom is 0.239 e. The van der Waals surface area contributed by atoms with Gasteiger partial charge in [-0.05, 0) is 13.1 Å². The molecule has 0 amide bonds. The number of hydrogen-bond acceptors (Lipinski definition) is 4. The van der Waals surface area contributed by atoms with Crippen LogP contribution in [-0.2, 0) is 6.54 Å². The summed E-state index contributed by atoms with van der Waals surface area (Å²) < 4.78 is 1.77. The normalized spacial score (nSPS) is 11.0. The van der Waals surface area contributed by atoms with Crippen LogP contribution in [0.5, 0.6) is 0 Å². The zero-order valence-electron chi connectivity index (χ0n) is 8.27. The van der Waals surface area contributed by atoms with E-state index in [9.17, 15) is 0 Å². The van der Waals surface area contributed by atoms with Gasteiger partial charge in [0.15, 0.2) is 0 Å². The Balaban J connectivity index is 2.33. The van der Waals surface area contributed by atoms with Crippen molar-refractivity contribution in [2.75, 3.05) is 25.4 Å². The van der Waals surface area contributed by atoms with E-state index in [1.807, 2.05) is 0 Å². The van der Waals surface area contributed by atoms with Crippen LogP contribution in [0.2, 0.25) is 0 Å². The Labute approximate surface area is 78.5 Å². The lowest BCUT2D eigenvalue weighted by Gasteiger charge is -2.17. The third-order valence-corrected chi connectivity index (χ3v) is 2.09. The molecule has 0 aliphatic heterocycles. The maximum atomic E-state index is 5.39. The number of aromatic nitrogens is 3. The lowest BCUT2D eigenvalue weighted by atomic mass is 10.5. The van der Waals surface area contributed by atoms with Crippen LogP contribution < -0.4 is 5.73 Å².